The van der Waals surface area contributed by atoms with Crippen molar-refractivity contribution in [2.45, 2.75) is 6.92 Å². The van der Waals surface area contributed by atoms with Gasteiger partial charge in [-0.2, -0.15) is 0 Å². The largest absolute Gasteiger partial charge is 0.289 e. The van der Waals surface area contributed by atoms with Gasteiger partial charge in [0.1, 0.15) is 0 Å². The molecule has 0 aromatic heterocycles. The average Bonchev–Trinajstić information content (AvgIpc) is 2.10. The molecule has 1 nitrogen and oxygen atoms in total. The SMILES string of the molecule is C=CC(=O)c1cc(Br)c(C)cc1Br. The topological polar surface area (TPSA) is 17.1 Å². The molecule has 68 valence electrons. The number of allylic oxidation sites excluding steroid dienone is 1. The number of rotatable bonds is 2. The Balaban J connectivity index is 3.31. The highest BCUT2D eigenvalue weighted by Crippen LogP contribution is 2.25. The normalized spacial score (nSPS) is 9.77. The van der Waals surface area contributed by atoms with Gasteiger partial charge in [0.2, 0.25) is 0 Å². The van der Waals surface area contributed by atoms with Gasteiger partial charge in [0.05, 0.1) is 0 Å². The second-order valence-electron chi connectivity index (χ2n) is 2.65. The quantitative estimate of drug-likeness (QED) is 0.598. The van der Waals surface area contributed by atoms with Crippen LogP contribution in [0.15, 0.2) is 33.7 Å². The Kier molecular flexibility index (Phi) is 3.45. The minimum absolute atomic E-state index is 0.0763. The van der Waals surface area contributed by atoms with Crippen LogP contribution < -0.4 is 0 Å². The number of hydrogen-bond acceptors (Lipinski definition) is 1. The fourth-order valence-corrected chi connectivity index (χ4v) is 1.94. The Morgan fingerprint density at radius 3 is 2.54 bits per heavy atom. The van der Waals surface area contributed by atoms with Crippen LogP contribution >= 0.6 is 31.9 Å². The highest BCUT2D eigenvalue weighted by atomic mass is 79.9. The van der Waals surface area contributed by atoms with Gasteiger partial charge in [-0.15, -0.1) is 0 Å². The van der Waals surface area contributed by atoms with Crippen LogP contribution in [0.3, 0.4) is 0 Å². The van der Waals surface area contributed by atoms with Gasteiger partial charge in [-0.3, -0.25) is 4.79 Å². The molecule has 1 aromatic rings. The molecule has 0 aliphatic carbocycles. The number of carbonyl (C=O) groups is 1. The second-order valence-corrected chi connectivity index (χ2v) is 4.36. The van der Waals surface area contributed by atoms with Crippen molar-refractivity contribution in [2.75, 3.05) is 0 Å². The lowest BCUT2D eigenvalue weighted by atomic mass is 10.1. The van der Waals surface area contributed by atoms with Crippen LogP contribution in [0, 0.1) is 6.92 Å². The molecule has 13 heavy (non-hydrogen) atoms. The Morgan fingerprint density at radius 1 is 1.38 bits per heavy atom. The van der Waals surface area contributed by atoms with Gasteiger partial charge in [-0.1, -0.05) is 38.4 Å². The number of halogens is 2. The van der Waals surface area contributed by atoms with E-state index in [1.807, 2.05) is 13.0 Å². The fraction of sp³-hybridized carbons (Fsp3) is 0.100. The van der Waals surface area contributed by atoms with Gasteiger partial charge >= 0.3 is 0 Å². The summed E-state index contributed by atoms with van der Waals surface area (Å²) in [5.41, 5.74) is 1.72. The third-order valence-corrected chi connectivity index (χ3v) is 3.21. The van der Waals surface area contributed by atoms with Crippen molar-refractivity contribution >= 4 is 37.6 Å². The first-order valence-corrected chi connectivity index (χ1v) is 5.27. The summed E-state index contributed by atoms with van der Waals surface area (Å²) in [4.78, 5) is 11.3. The molecule has 0 aliphatic rings. The molecule has 3 heteroatoms. The van der Waals surface area contributed by atoms with E-state index in [0.29, 0.717) is 5.56 Å². The van der Waals surface area contributed by atoms with E-state index in [1.165, 1.54) is 6.08 Å². The number of ketones is 1. The van der Waals surface area contributed by atoms with Crippen LogP contribution in [-0.2, 0) is 0 Å². The Labute approximate surface area is 94.1 Å². The van der Waals surface area contributed by atoms with Crippen molar-refractivity contribution in [3.8, 4) is 0 Å². The van der Waals surface area contributed by atoms with Crippen molar-refractivity contribution in [3.63, 3.8) is 0 Å². The Hall–Kier alpha value is -0.410. The summed E-state index contributed by atoms with van der Waals surface area (Å²) in [5, 5.41) is 0. The predicted octanol–water partition coefficient (Wildman–Crippen LogP) is 3.89. The van der Waals surface area contributed by atoms with Crippen LogP contribution in [-0.4, -0.2) is 5.78 Å². The highest BCUT2D eigenvalue weighted by molar-refractivity contribution is 9.11. The molecule has 0 unspecified atom stereocenters. The minimum atomic E-state index is -0.0763. The van der Waals surface area contributed by atoms with Crippen LogP contribution in [0.4, 0.5) is 0 Å². The van der Waals surface area contributed by atoms with Crippen molar-refractivity contribution in [1.82, 2.24) is 0 Å². The van der Waals surface area contributed by atoms with Crippen LogP contribution in [0.5, 0.6) is 0 Å². The Morgan fingerprint density at radius 2 is 2.00 bits per heavy atom. The monoisotopic (exact) mass is 302 g/mol. The molecular weight excluding hydrogens is 296 g/mol. The first-order chi connectivity index (χ1) is 6.06. The van der Waals surface area contributed by atoms with E-state index in [-0.39, 0.29) is 5.78 Å². The summed E-state index contributed by atoms with van der Waals surface area (Å²) in [6.45, 7) is 5.41. The van der Waals surface area contributed by atoms with E-state index in [1.54, 1.807) is 6.07 Å². The lowest BCUT2D eigenvalue weighted by Crippen LogP contribution is -1.96. The van der Waals surface area contributed by atoms with E-state index in [2.05, 4.69) is 38.4 Å². The summed E-state index contributed by atoms with van der Waals surface area (Å²) in [5.74, 6) is -0.0763. The number of hydrogen-bond donors (Lipinski definition) is 0. The molecule has 0 heterocycles. The summed E-state index contributed by atoms with van der Waals surface area (Å²) >= 11 is 6.70. The number of benzene rings is 1. The van der Waals surface area contributed by atoms with Crippen LogP contribution in [0.2, 0.25) is 0 Å². The standard InChI is InChI=1S/C10H8Br2O/c1-3-10(13)7-5-8(11)6(2)4-9(7)12/h3-5H,1H2,2H3. The fourth-order valence-electron chi connectivity index (χ4n) is 0.945. The maximum atomic E-state index is 11.3. The molecule has 0 N–H and O–H groups in total. The summed E-state index contributed by atoms with van der Waals surface area (Å²) in [6.07, 6.45) is 1.31. The van der Waals surface area contributed by atoms with E-state index in [9.17, 15) is 4.79 Å². The van der Waals surface area contributed by atoms with Crippen molar-refractivity contribution in [2.24, 2.45) is 0 Å². The zero-order valence-corrected chi connectivity index (χ0v) is 10.3. The van der Waals surface area contributed by atoms with Gasteiger partial charge in [-0.25, -0.2) is 0 Å². The minimum Gasteiger partial charge on any atom is -0.289 e. The van der Waals surface area contributed by atoms with E-state index in [0.717, 1.165) is 14.5 Å². The number of aryl methyl sites for hydroxylation is 1. The molecule has 1 rings (SSSR count). The molecule has 0 spiro atoms. The van der Waals surface area contributed by atoms with Crippen molar-refractivity contribution in [1.29, 1.82) is 0 Å². The predicted molar refractivity (Wildman–Crippen MR) is 61.1 cm³/mol. The molecule has 0 saturated carbocycles. The molecule has 0 radical (unpaired) electrons. The lowest BCUT2D eigenvalue weighted by molar-refractivity contribution is 0.104. The van der Waals surface area contributed by atoms with Crippen molar-refractivity contribution < 1.29 is 4.79 Å². The lowest BCUT2D eigenvalue weighted by Gasteiger charge is -2.04. The third kappa shape index (κ3) is 2.29. The molecule has 0 aliphatic heterocycles. The zero-order valence-electron chi connectivity index (χ0n) is 7.10. The molecular formula is C10H8Br2O. The van der Waals surface area contributed by atoms with Crippen molar-refractivity contribution in [3.05, 3.63) is 44.9 Å². The van der Waals surface area contributed by atoms with Crippen LogP contribution in [0.25, 0.3) is 0 Å². The number of carbonyl (C=O) groups excluding carboxylic acids is 1. The molecule has 1 aromatic carbocycles. The first kappa shape index (κ1) is 10.7. The smallest absolute Gasteiger partial charge is 0.186 e. The maximum absolute atomic E-state index is 11.3. The summed E-state index contributed by atoms with van der Waals surface area (Å²) in [6, 6.07) is 3.70. The second kappa shape index (κ2) is 4.20. The molecule has 0 bridgehead atoms. The Bertz CT molecular complexity index is 369. The van der Waals surface area contributed by atoms with Gasteiger partial charge in [0, 0.05) is 14.5 Å². The van der Waals surface area contributed by atoms with E-state index < -0.39 is 0 Å². The molecule has 0 amide bonds. The maximum Gasteiger partial charge on any atom is 0.186 e. The highest BCUT2D eigenvalue weighted by Gasteiger charge is 2.08. The van der Waals surface area contributed by atoms with Gasteiger partial charge in [0.25, 0.3) is 0 Å². The van der Waals surface area contributed by atoms with E-state index >= 15 is 0 Å². The zero-order chi connectivity index (χ0) is 10.0. The third-order valence-electron chi connectivity index (χ3n) is 1.70. The average molecular weight is 304 g/mol. The van der Waals surface area contributed by atoms with E-state index in [4.69, 9.17) is 0 Å². The summed E-state index contributed by atoms with van der Waals surface area (Å²) in [7, 11) is 0. The molecule has 0 fully saturated rings. The van der Waals surface area contributed by atoms with Crippen LogP contribution in [0.1, 0.15) is 15.9 Å². The van der Waals surface area contributed by atoms with Gasteiger partial charge in [0.15, 0.2) is 5.78 Å². The van der Waals surface area contributed by atoms with Gasteiger partial charge in [-0.05, 0) is 30.7 Å². The first-order valence-electron chi connectivity index (χ1n) is 3.68. The molecule has 0 saturated heterocycles. The summed E-state index contributed by atoms with van der Waals surface area (Å²) < 4.78 is 1.74. The van der Waals surface area contributed by atoms with Gasteiger partial charge < -0.3 is 0 Å². The molecule has 0 atom stereocenters.